The number of halogens is 2. The largest absolute Gasteiger partial charge is 3.00 e. The van der Waals surface area contributed by atoms with E-state index in [0.717, 1.165) is 36.2 Å². The zero-order valence-corrected chi connectivity index (χ0v) is 20.5. The molecule has 4 aromatic rings. The molecule has 1 atom stereocenters. The predicted octanol–water partition coefficient (Wildman–Crippen LogP) is 6.69. The molecule has 0 spiro atoms. The summed E-state index contributed by atoms with van der Waals surface area (Å²) in [5.74, 6) is -1.81. The fourth-order valence-electron chi connectivity index (χ4n) is 3.99. The van der Waals surface area contributed by atoms with Crippen molar-refractivity contribution in [1.82, 2.24) is 9.88 Å². The van der Waals surface area contributed by atoms with Gasteiger partial charge in [0.05, 0.1) is 11.6 Å². The van der Waals surface area contributed by atoms with E-state index in [0.29, 0.717) is 11.3 Å². The Bertz CT molecular complexity index is 1290. The molecule has 170 valence electrons. The van der Waals surface area contributed by atoms with Crippen LogP contribution >= 0.6 is 0 Å². The number of hydrogen-bond acceptors (Lipinski definition) is 2. The van der Waals surface area contributed by atoms with Crippen molar-refractivity contribution in [3.8, 4) is 22.4 Å². The van der Waals surface area contributed by atoms with Gasteiger partial charge in [0.2, 0.25) is 0 Å². The summed E-state index contributed by atoms with van der Waals surface area (Å²) in [7, 11) is 0. The maximum Gasteiger partial charge on any atom is 3.00 e. The monoisotopic (exact) mass is 629 g/mol. The van der Waals surface area contributed by atoms with Gasteiger partial charge in [-0.25, -0.2) is 4.39 Å². The van der Waals surface area contributed by atoms with E-state index in [1.165, 1.54) is 11.1 Å². The Morgan fingerprint density at radius 2 is 1.79 bits per heavy atom. The number of rotatable bonds is 2. The van der Waals surface area contributed by atoms with Gasteiger partial charge in [-0.2, -0.15) is 41.6 Å². The van der Waals surface area contributed by atoms with Crippen LogP contribution in [0.25, 0.3) is 27.7 Å². The van der Waals surface area contributed by atoms with Crippen molar-refractivity contribution in [2.45, 2.75) is 12.6 Å². The van der Waals surface area contributed by atoms with Crippen LogP contribution in [0.2, 0.25) is 0 Å². The van der Waals surface area contributed by atoms with Crippen molar-refractivity contribution in [1.29, 1.82) is 0 Å². The summed E-state index contributed by atoms with van der Waals surface area (Å²) in [6, 6.07) is 27.8. The first-order chi connectivity index (χ1) is 16.2. The van der Waals surface area contributed by atoms with Crippen LogP contribution in [0.1, 0.15) is 17.3 Å². The first-order valence-corrected chi connectivity index (χ1v) is 10.7. The number of fused-ring (bicyclic) bond motifs is 3. The van der Waals surface area contributed by atoms with E-state index < -0.39 is 11.6 Å². The minimum atomic E-state index is -0.909. The molecule has 0 fully saturated rings. The molecule has 6 rings (SSSR count). The molecular formula is C28H20F2IrN3. The molecule has 0 radical (unpaired) electrons. The van der Waals surface area contributed by atoms with Crippen LogP contribution in [-0.2, 0) is 26.5 Å². The topological polar surface area (TPSA) is 30.2 Å². The molecule has 34 heavy (non-hydrogen) atoms. The predicted molar refractivity (Wildman–Crippen MR) is 125 cm³/mol. The van der Waals surface area contributed by atoms with Gasteiger partial charge >= 0.3 is 20.1 Å². The number of hydrogen-bond donors (Lipinski definition) is 0. The fourth-order valence-corrected chi connectivity index (χ4v) is 3.99. The zero-order valence-electron chi connectivity index (χ0n) is 18.1. The van der Waals surface area contributed by atoms with E-state index in [2.05, 4.69) is 45.7 Å². The van der Waals surface area contributed by atoms with Gasteiger partial charge in [-0.15, -0.1) is 23.8 Å². The minimum absolute atomic E-state index is 0. The average molecular weight is 629 g/mol. The Kier molecular flexibility index (Phi) is 7.51. The van der Waals surface area contributed by atoms with E-state index in [-0.39, 0.29) is 26.3 Å². The molecule has 2 aliphatic heterocycles. The van der Waals surface area contributed by atoms with Gasteiger partial charge in [0.1, 0.15) is 0 Å². The van der Waals surface area contributed by atoms with E-state index in [4.69, 9.17) is 0 Å². The molecule has 0 saturated heterocycles. The molecule has 3 heterocycles. The minimum Gasteiger partial charge on any atom is -0.668 e. The first kappa shape index (κ1) is 23.8. The van der Waals surface area contributed by atoms with E-state index in [9.17, 15) is 8.78 Å². The zero-order chi connectivity index (χ0) is 22.6. The third kappa shape index (κ3) is 5.09. The van der Waals surface area contributed by atoms with E-state index >= 15 is 0 Å². The fraction of sp³-hybridized carbons (Fsp3) is 0.107. The molecule has 6 heteroatoms. The summed E-state index contributed by atoms with van der Waals surface area (Å²) in [4.78, 5) is 6.45. The molecule has 0 N–H and O–H groups in total. The van der Waals surface area contributed by atoms with Crippen molar-refractivity contribution < 1.29 is 28.9 Å². The summed E-state index contributed by atoms with van der Waals surface area (Å²) in [6.07, 6.45) is 6.93. The molecular weight excluding hydrogens is 609 g/mol. The van der Waals surface area contributed by atoms with Gasteiger partial charge in [0, 0.05) is 12.7 Å². The summed E-state index contributed by atoms with van der Waals surface area (Å²) < 4.78 is 26.2. The van der Waals surface area contributed by atoms with Crippen LogP contribution in [0.4, 0.5) is 8.78 Å². The van der Waals surface area contributed by atoms with Gasteiger partial charge in [0.15, 0.2) is 0 Å². The Morgan fingerprint density at radius 1 is 0.941 bits per heavy atom. The first-order valence-electron chi connectivity index (χ1n) is 10.7. The van der Waals surface area contributed by atoms with Crippen molar-refractivity contribution in [3.63, 3.8) is 0 Å². The van der Waals surface area contributed by atoms with Crippen LogP contribution in [0.15, 0.2) is 91.4 Å². The van der Waals surface area contributed by atoms with Gasteiger partial charge in [0.25, 0.3) is 0 Å². The Balaban J connectivity index is 0.000000169. The van der Waals surface area contributed by atoms with Crippen LogP contribution in [0.3, 0.4) is 0 Å². The molecule has 0 aliphatic carbocycles. The van der Waals surface area contributed by atoms with Crippen molar-refractivity contribution in [2.24, 2.45) is 0 Å². The summed E-state index contributed by atoms with van der Waals surface area (Å²) >= 11 is 0. The molecule has 3 nitrogen and oxygen atoms in total. The number of aromatic nitrogens is 1. The molecule has 1 aromatic heterocycles. The van der Waals surface area contributed by atoms with Crippen LogP contribution in [-0.4, -0.2) is 16.4 Å². The normalized spacial score (nSPS) is 15.2. The third-order valence-corrected chi connectivity index (χ3v) is 5.67. The van der Waals surface area contributed by atoms with Crippen molar-refractivity contribution in [3.05, 3.63) is 132 Å². The summed E-state index contributed by atoms with van der Waals surface area (Å²) in [5.41, 5.74) is 5.65. The maximum absolute atomic E-state index is 13.3. The van der Waals surface area contributed by atoms with Crippen LogP contribution in [0.5, 0.6) is 0 Å². The molecule has 2 aliphatic rings. The number of pyridine rings is 1. The van der Waals surface area contributed by atoms with Gasteiger partial charge in [-0.1, -0.05) is 42.8 Å². The Labute approximate surface area is 211 Å². The maximum atomic E-state index is 13.3. The standard InChI is InChI=1S/C17H10F2N.C11H10N2.Ir/c18-15-7-6-14(10-16(15)19)17-11-13(8-9-20-17)12-4-2-1-3-5-12;1-2-4-10-9(3-1)5-7-13-8-6-12-11(10)13;/h1-5,7-11H;1-3,6,8,11H,5,7H2;/q-1;-2;+3. The third-order valence-electron chi connectivity index (χ3n) is 5.67. The van der Waals surface area contributed by atoms with Gasteiger partial charge in [-0.3, -0.25) is 4.39 Å². The molecule has 0 saturated carbocycles. The second kappa shape index (κ2) is 10.7. The quantitative estimate of drug-likeness (QED) is 0.232. The van der Waals surface area contributed by atoms with Crippen molar-refractivity contribution in [2.75, 3.05) is 6.54 Å². The Hall–Kier alpha value is -3.34. The van der Waals surface area contributed by atoms with E-state index in [1.54, 1.807) is 6.20 Å². The average Bonchev–Trinajstić information content (AvgIpc) is 3.36. The van der Waals surface area contributed by atoms with Crippen LogP contribution < -0.4 is 0 Å². The number of benzene rings is 3. The number of nitrogens with zero attached hydrogens (tertiary/aromatic N) is 3. The molecule has 1 unspecified atom stereocenters. The summed E-state index contributed by atoms with van der Waals surface area (Å²) in [6.45, 7) is 1.08. The van der Waals surface area contributed by atoms with Crippen LogP contribution in [0, 0.1) is 23.8 Å². The summed E-state index contributed by atoms with van der Waals surface area (Å²) in [5, 5.41) is 4.41. The molecule has 3 aromatic carbocycles. The second-order valence-electron chi connectivity index (χ2n) is 7.76. The molecule has 0 bridgehead atoms. The van der Waals surface area contributed by atoms with Gasteiger partial charge in [-0.05, 0) is 35.3 Å². The molecule has 0 amide bonds. The van der Waals surface area contributed by atoms with Crippen molar-refractivity contribution >= 4 is 0 Å². The Morgan fingerprint density at radius 3 is 2.62 bits per heavy atom. The van der Waals surface area contributed by atoms with Gasteiger partial charge < -0.3 is 15.2 Å². The van der Waals surface area contributed by atoms with E-state index in [1.807, 2.05) is 54.7 Å². The SMILES string of the molecule is Fc1c[c-]c(-c2cc(-c3ccccc3)ccn2)cc1F.[Ir+3].[c-]1cccc2c1C1[N-]C=CN1CC2. The smallest absolute Gasteiger partial charge is 0.668 e. The second-order valence-corrected chi connectivity index (χ2v) is 7.76.